The van der Waals surface area contributed by atoms with Crippen molar-refractivity contribution in [1.82, 2.24) is 20.2 Å². The van der Waals surface area contributed by atoms with Gasteiger partial charge >= 0.3 is 0 Å². The van der Waals surface area contributed by atoms with Crippen LogP contribution in [-0.4, -0.2) is 67.7 Å². The highest BCUT2D eigenvalue weighted by Gasteiger charge is 2.17. The molecular weight excluding hydrogens is 240 g/mol. The molecule has 0 spiro atoms. The zero-order valence-electron chi connectivity index (χ0n) is 12.1. The normalized spacial score (nSPS) is 19.8. The molecule has 0 aromatic carbocycles. The molecule has 1 fully saturated rings. The van der Waals surface area contributed by atoms with Crippen molar-refractivity contribution in [1.29, 1.82) is 0 Å². The quantitative estimate of drug-likeness (QED) is 0.795. The van der Waals surface area contributed by atoms with Gasteiger partial charge in [-0.1, -0.05) is 0 Å². The van der Waals surface area contributed by atoms with Crippen LogP contribution in [0.2, 0.25) is 0 Å². The number of nitrogens with zero attached hydrogens (tertiary/aromatic N) is 4. The molecule has 2 heterocycles. The molecule has 6 nitrogen and oxygen atoms in total. The van der Waals surface area contributed by atoms with Gasteiger partial charge in [0.25, 0.3) is 0 Å². The Kier molecular flexibility index (Phi) is 4.93. The monoisotopic (exact) mass is 264 g/mol. The van der Waals surface area contributed by atoms with Gasteiger partial charge in [0, 0.05) is 44.8 Å². The Morgan fingerprint density at radius 1 is 1.47 bits per heavy atom. The van der Waals surface area contributed by atoms with Gasteiger partial charge in [0.05, 0.1) is 0 Å². The highest BCUT2D eigenvalue weighted by molar-refractivity contribution is 5.48. The maximum atomic E-state index is 4.38. The first-order chi connectivity index (χ1) is 9.15. The molecule has 19 heavy (non-hydrogen) atoms. The summed E-state index contributed by atoms with van der Waals surface area (Å²) in [6.45, 7) is 7.08. The number of aromatic nitrogens is 2. The largest absolute Gasteiger partial charge is 0.369 e. The van der Waals surface area contributed by atoms with Crippen molar-refractivity contribution >= 4 is 11.6 Å². The molecule has 1 saturated heterocycles. The number of nitrogens with one attached hydrogen (secondary N) is 2. The van der Waals surface area contributed by atoms with E-state index in [2.05, 4.69) is 51.4 Å². The standard InChI is InChI=1S/C13H24N6/c1-11-9-19(7-5-14-11)13-8-12(16-10-17-13)15-4-6-18(2)3/h8,10-11,14H,4-7,9H2,1-3H3,(H,15,16,17). The van der Waals surface area contributed by atoms with E-state index in [1.807, 2.05) is 6.07 Å². The summed E-state index contributed by atoms with van der Waals surface area (Å²) in [5, 5.41) is 6.77. The van der Waals surface area contributed by atoms with E-state index in [-0.39, 0.29) is 0 Å². The summed E-state index contributed by atoms with van der Waals surface area (Å²) in [6.07, 6.45) is 1.64. The van der Waals surface area contributed by atoms with Crippen LogP contribution in [0.4, 0.5) is 11.6 Å². The van der Waals surface area contributed by atoms with E-state index in [4.69, 9.17) is 0 Å². The molecule has 6 heteroatoms. The predicted molar refractivity (Wildman–Crippen MR) is 78.8 cm³/mol. The maximum Gasteiger partial charge on any atom is 0.134 e. The van der Waals surface area contributed by atoms with E-state index < -0.39 is 0 Å². The van der Waals surface area contributed by atoms with Crippen LogP contribution in [0.3, 0.4) is 0 Å². The molecule has 0 bridgehead atoms. The summed E-state index contributed by atoms with van der Waals surface area (Å²) in [5.74, 6) is 1.91. The fourth-order valence-electron chi connectivity index (χ4n) is 2.16. The fourth-order valence-corrected chi connectivity index (χ4v) is 2.16. The van der Waals surface area contributed by atoms with Crippen LogP contribution >= 0.6 is 0 Å². The topological polar surface area (TPSA) is 56.3 Å². The average Bonchev–Trinajstić information content (AvgIpc) is 2.39. The summed E-state index contributed by atoms with van der Waals surface area (Å²) in [5.41, 5.74) is 0. The molecule has 106 valence electrons. The predicted octanol–water partition coefficient (Wildman–Crippen LogP) is 0.248. The van der Waals surface area contributed by atoms with E-state index in [0.717, 1.165) is 44.4 Å². The third-order valence-electron chi connectivity index (χ3n) is 3.21. The molecule has 1 aliphatic heterocycles. The molecule has 0 amide bonds. The summed E-state index contributed by atoms with van der Waals surface area (Å²) in [7, 11) is 4.13. The van der Waals surface area contributed by atoms with Gasteiger partial charge in [-0.25, -0.2) is 9.97 Å². The van der Waals surface area contributed by atoms with Gasteiger partial charge in [0.15, 0.2) is 0 Å². The molecule has 0 saturated carbocycles. The second-order valence-corrected chi connectivity index (χ2v) is 5.29. The molecule has 2 N–H and O–H groups in total. The van der Waals surface area contributed by atoms with Gasteiger partial charge in [-0.05, 0) is 21.0 Å². The van der Waals surface area contributed by atoms with Crippen LogP contribution in [0.5, 0.6) is 0 Å². The number of hydrogen-bond donors (Lipinski definition) is 2. The van der Waals surface area contributed by atoms with Crippen LogP contribution < -0.4 is 15.5 Å². The van der Waals surface area contributed by atoms with Crippen molar-refractivity contribution in [2.24, 2.45) is 0 Å². The SMILES string of the molecule is CC1CN(c2cc(NCCN(C)C)ncn2)CCN1. The summed E-state index contributed by atoms with van der Waals surface area (Å²) in [4.78, 5) is 13.1. The lowest BCUT2D eigenvalue weighted by molar-refractivity contribution is 0.425. The molecule has 1 atom stereocenters. The van der Waals surface area contributed by atoms with E-state index in [0.29, 0.717) is 6.04 Å². The molecule has 1 unspecified atom stereocenters. The maximum absolute atomic E-state index is 4.38. The number of rotatable bonds is 5. The van der Waals surface area contributed by atoms with Crippen molar-refractivity contribution in [3.63, 3.8) is 0 Å². The van der Waals surface area contributed by atoms with Crippen molar-refractivity contribution in [3.8, 4) is 0 Å². The third-order valence-corrected chi connectivity index (χ3v) is 3.21. The first-order valence-electron chi connectivity index (χ1n) is 6.84. The summed E-state index contributed by atoms with van der Waals surface area (Å²) < 4.78 is 0. The van der Waals surface area contributed by atoms with E-state index in [1.54, 1.807) is 6.33 Å². The highest BCUT2D eigenvalue weighted by Crippen LogP contribution is 2.15. The smallest absolute Gasteiger partial charge is 0.134 e. The second-order valence-electron chi connectivity index (χ2n) is 5.29. The number of hydrogen-bond acceptors (Lipinski definition) is 6. The summed E-state index contributed by atoms with van der Waals surface area (Å²) in [6, 6.07) is 2.54. The Morgan fingerprint density at radius 2 is 2.32 bits per heavy atom. The van der Waals surface area contributed by atoms with E-state index in [9.17, 15) is 0 Å². The first-order valence-corrected chi connectivity index (χ1v) is 6.84. The van der Waals surface area contributed by atoms with Crippen molar-refractivity contribution < 1.29 is 0 Å². The Balaban J connectivity index is 1.94. The van der Waals surface area contributed by atoms with Crippen LogP contribution in [0.1, 0.15) is 6.92 Å². The minimum Gasteiger partial charge on any atom is -0.369 e. The minimum absolute atomic E-state index is 0.508. The van der Waals surface area contributed by atoms with Gasteiger partial charge in [-0.3, -0.25) is 0 Å². The van der Waals surface area contributed by atoms with Gasteiger partial charge < -0.3 is 20.4 Å². The van der Waals surface area contributed by atoms with Crippen molar-refractivity contribution in [2.45, 2.75) is 13.0 Å². The van der Waals surface area contributed by atoms with Crippen molar-refractivity contribution in [3.05, 3.63) is 12.4 Å². The first kappa shape index (κ1) is 14.0. The van der Waals surface area contributed by atoms with Gasteiger partial charge in [-0.2, -0.15) is 0 Å². The molecule has 1 aliphatic rings. The Bertz CT molecular complexity index is 394. The van der Waals surface area contributed by atoms with Crippen LogP contribution in [0, 0.1) is 0 Å². The van der Waals surface area contributed by atoms with E-state index in [1.165, 1.54) is 0 Å². The second kappa shape index (κ2) is 6.68. The lowest BCUT2D eigenvalue weighted by atomic mass is 10.2. The van der Waals surface area contributed by atoms with Crippen LogP contribution in [0.25, 0.3) is 0 Å². The zero-order valence-corrected chi connectivity index (χ0v) is 12.1. The Morgan fingerprint density at radius 3 is 3.05 bits per heavy atom. The highest BCUT2D eigenvalue weighted by atomic mass is 15.2. The van der Waals surface area contributed by atoms with Gasteiger partial charge in [-0.15, -0.1) is 0 Å². The molecule has 2 rings (SSSR count). The molecule has 1 aromatic heterocycles. The third kappa shape index (κ3) is 4.33. The van der Waals surface area contributed by atoms with Crippen molar-refractivity contribution in [2.75, 3.05) is 57.0 Å². The fraction of sp³-hybridized carbons (Fsp3) is 0.692. The minimum atomic E-state index is 0.508. The van der Waals surface area contributed by atoms with Gasteiger partial charge in [0.1, 0.15) is 18.0 Å². The number of piperazine rings is 1. The van der Waals surface area contributed by atoms with Gasteiger partial charge in [0.2, 0.25) is 0 Å². The van der Waals surface area contributed by atoms with Crippen LogP contribution in [0.15, 0.2) is 12.4 Å². The molecule has 0 radical (unpaired) electrons. The number of likely N-dealkylation sites (N-methyl/N-ethyl adjacent to an activating group) is 1. The average molecular weight is 264 g/mol. The lowest BCUT2D eigenvalue weighted by Gasteiger charge is -2.32. The molecule has 1 aromatic rings. The van der Waals surface area contributed by atoms with Crippen LogP contribution in [-0.2, 0) is 0 Å². The van der Waals surface area contributed by atoms with E-state index >= 15 is 0 Å². The number of anilines is 2. The summed E-state index contributed by atoms with van der Waals surface area (Å²) >= 11 is 0. The Labute approximate surface area is 115 Å². The molecule has 0 aliphatic carbocycles. The zero-order chi connectivity index (χ0) is 13.7. The molecular formula is C13H24N6. The lowest BCUT2D eigenvalue weighted by Crippen LogP contribution is -2.49. The Hall–Kier alpha value is -1.40.